The first-order valence-electron chi connectivity index (χ1n) is 4.00. The average Bonchev–Trinajstić information content (AvgIpc) is 2.18. The number of primary amides is 1. The molecule has 0 aromatic carbocycles. The van der Waals surface area contributed by atoms with Crippen LogP contribution in [0.25, 0.3) is 0 Å². The van der Waals surface area contributed by atoms with E-state index in [1.807, 2.05) is 0 Å². The van der Waals surface area contributed by atoms with E-state index < -0.39 is 29.4 Å². The molecule has 9 heteroatoms. The zero-order valence-electron chi connectivity index (χ0n) is 8.08. The highest BCUT2D eigenvalue weighted by Gasteiger charge is 2.34. The molecule has 0 saturated heterocycles. The molecular weight excluding hydrogens is 241 g/mol. The maximum absolute atomic E-state index is 12.0. The van der Waals surface area contributed by atoms with E-state index in [1.54, 1.807) is 0 Å². The molecule has 0 radical (unpaired) electrons. The van der Waals surface area contributed by atoms with Gasteiger partial charge in [-0.15, -0.1) is 13.2 Å². The van der Waals surface area contributed by atoms with E-state index in [1.165, 1.54) is 6.07 Å². The predicted octanol–water partition coefficient (Wildman–Crippen LogP) is 0.533. The van der Waals surface area contributed by atoms with Gasteiger partial charge in [0.25, 0.3) is 5.91 Å². The molecule has 0 aliphatic heterocycles. The van der Waals surface area contributed by atoms with Crippen molar-refractivity contribution in [2.24, 2.45) is 5.73 Å². The number of rotatable bonds is 2. The third kappa shape index (κ3) is 2.97. The third-order valence-electron chi connectivity index (χ3n) is 1.57. The fourth-order valence-corrected chi connectivity index (χ4v) is 1.00. The molecule has 0 unspecified atom stereocenters. The summed E-state index contributed by atoms with van der Waals surface area (Å²) in [5.41, 5.74) is 8.29. The number of nitriles is 1. The Bertz CT molecular complexity index is 507. The van der Waals surface area contributed by atoms with Gasteiger partial charge in [-0.05, 0) is 0 Å². The summed E-state index contributed by atoms with van der Waals surface area (Å²) in [6.45, 7) is 0. The Morgan fingerprint density at radius 1 is 1.53 bits per heavy atom. The van der Waals surface area contributed by atoms with E-state index in [9.17, 15) is 18.0 Å². The number of alkyl halides is 3. The van der Waals surface area contributed by atoms with Crippen molar-refractivity contribution in [3.8, 4) is 11.8 Å². The van der Waals surface area contributed by atoms with Crippen LogP contribution >= 0.6 is 0 Å². The fraction of sp³-hybridized carbons (Fsp3) is 0.125. The topological polar surface area (TPSA) is 115 Å². The lowest BCUT2D eigenvalue weighted by Gasteiger charge is -2.13. The lowest BCUT2D eigenvalue weighted by Crippen LogP contribution is -2.23. The number of aromatic nitrogens is 1. The number of pyridine rings is 1. The van der Waals surface area contributed by atoms with Gasteiger partial charge in [0.1, 0.15) is 11.8 Å². The average molecular weight is 246 g/mol. The Labute approximate surface area is 92.6 Å². The van der Waals surface area contributed by atoms with Crippen molar-refractivity contribution < 1.29 is 22.7 Å². The van der Waals surface area contributed by atoms with Gasteiger partial charge in [0.2, 0.25) is 0 Å². The maximum atomic E-state index is 12.0. The molecular formula is C8H5F3N4O2. The zero-order chi connectivity index (χ0) is 13.2. The molecule has 90 valence electrons. The molecule has 1 rings (SSSR count). The normalized spacial score (nSPS) is 10.7. The van der Waals surface area contributed by atoms with Crippen LogP contribution in [0.5, 0.6) is 5.75 Å². The minimum absolute atomic E-state index is 0.342. The monoisotopic (exact) mass is 246 g/mol. The van der Waals surface area contributed by atoms with Crippen LogP contribution in [-0.2, 0) is 0 Å². The van der Waals surface area contributed by atoms with E-state index in [2.05, 4.69) is 9.72 Å². The Kier molecular flexibility index (Phi) is 3.08. The van der Waals surface area contributed by atoms with E-state index >= 15 is 0 Å². The second kappa shape index (κ2) is 4.17. The Morgan fingerprint density at radius 3 is 2.53 bits per heavy atom. The third-order valence-corrected chi connectivity index (χ3v) is 1.57. The summed E-state index contributed by atoms with van der Waals surface area (Å²) in [5, 5.41) is 8.51. The first-order valence-corrected chi connectivity index (χ1v) is 4.00. The Morgan fingerprint density at radius 2 is 2.12 bits per heavy atom. The van der Waals surface area contributed by atoms with Crippen LogP contribution in [0.3, 0.4) is 0 Å². The Hall–Kier alpha value is -2.50. The first kappa shape index (κ1) is 12.6. The number of hydrogen-bond acceptors (Lipinski definition) is 5. The van der Waals surface area contributed by atoms with Gasteiger partial charge in [-0.1, -0.05) is 0 Å². The summed E-state index contributed by atoms with van der Waals surface area (Å²) in [7, 11) is 0. The largest absolute Gasteiger partial charge is 0.573 e. The van der Waals surface area contributed by atoms with Crippen LogP contribution < -0.4 is 16.2 Å². The van der Waals surface area contributed by atoms with Crippen molar-refractivity contribution in [2.75, 3.05) is 5.73 Å². The van der Waals surface area contributed by atoms with Crippen LogP contribution in [0.1, 0.15) is 16.2 Å². The highest BCUT2D eigenvalue weighted by Crippen LogP contribution is 2.31. The summed E-state index contributed by atoms with van der Waals surface area (Å²) in [6.07, 6.45) is -5.05. The number of nitrogen functional groups attached to an aromatic ring is 1. The summed E-state index contributed by atoms with van der Waals surface area (Å²) in [5.74, 6) is -2.29. The fourth-order valence-electron chi connectivity index (χ4n) is 1.00. The van der Waals surface area contributed by atoms with Gasteiger partial charge in [-0.25, -0.2) is 4.98 Å². The summed E-state index contributed by atoms with van der Waals surface area (Å²) >= 11 is 0. The summed E-state index contributed by atoms with van der Waals surface area (Å²) < 4.78 is 39.6. The lowest BCUT2D eigenvalue weighted by atomic mass is 10.2. The van der Waals surface area contributed by atoms with Gasteiger partial charge in [0.15, 0.2) is 11.4 Å². The number of amides is 1. The van der Waals surface area contributed by atoms with Gasteiger partial charge >= 0.3 is 6.36 Å². The van der Waals surface area contributed by atoms with Crippen molar-refractivity contribution in [2.45, 2.75) is 6.36 Å². The van der Waals surface area contributed by atoms with E-state index in [0.717, 1.165) is 6.07 Å². The number of nitrogens with zero attached hydrogens (tertiary/aromatic N) is 2. The van der Waals surface area contributed by atoms with Crippen LogP contribution in [-0.4, -0.2) is 17.3 Å². The molecule has 0 bridgehead atoms. The van der Waals surface area contributed by atoms with E-state index in [-0.39, 0.29) is 5.69 Å². The van der Waals surface area contributed by atoms with Crippen LogP contribution in [0.15, 0.2) is 6.07 Å². The molecule has 0 atom stereocenters. The van der Waals surface area contributed by atoms with E-state index in [0.29, 0.717) is 0 Å². The number of halogens is 3. The van der Waals surface area contributed by atoms with Gasteiger partial charge in [-0.2, -0.15) is 5.26 Å². The van der Waals surface area contributed by atoms with Crippen molar-refractivity contribution in [3.05, 3.63) is 17.5 Å². The van der Waals surface area contributed by atoms with Crippen LogP contribution in [0.4, 0.5) is 18.9 Å². The highest BCUT2D eigenvalue weighted by molar-refractivity contribution is 5.95. The van der Waals surface area contributed by atoms with Gasteiger partial charge in [0, 0.05) is 6.07 Å². The number of carbonyl (C=O) groups is 1. The molecule has 0 spiro atoms. The molecule has 0 aliphatic rings. The second-order valence-electron chi connectivity index (χ2n) is 2.80. The molecule has 6 nitrogen and oxygen atoms in total. The SMILES string of the molecule is N#Cc1cc(N)c(OC(F)(F)F)c(C(N)=O)n1. The smallest absolute Gasteiger partial charge is 0.401 e. The number of hydrogen-bond donors (Lipinski definition) is 2. The molecule has 1 aromatic heterocycles. The maximum Gasteiger partial charge on any atom is 0.573 e. The minimum Gasteiger partial charge on any atom is -0.401 e. The molecule has 0 saturated carbocycles. The molecule has 0 aliphatic carbocycles. The van der Waals surface area contributed by atoms with Crippen molar-refractivity contribution in [3.63, 3.8) is 0 Å². The van der Waals surface area contributed by atoms with Gasteiger partial charge < -0.3 is 16.2 Å². The first-order chi connectivity index (χ1) is 7.74. The highest BCUT2D eigenvalue weighted by atomic mass is 19.4. The number of nitrogens with two attached hydrogens (primary N) is 2. The van der Waals surface area contributed by atoms with Gasteiger partial charge in [0.05, 0.1) is 5.69 Å². The quantitative estimate of drug-likeness (QED) is 0.789. The van der Waals surface area contributed by atoms with Gasteiger partial charge in [-0.3, -0.25) is 4.79 Å². The number of carbonyl (C=O) groups excluding carboxylic acids is 1. The van der Waals surface area contributed by atoms with Crippen molar-refractivity contribution in [1.82, 2.24) is 4.98 Å². The van der Waals surface area contributed by atoms with Crippen LogP contribution in [0, 0.1) is 11.3 Å². The summed E-state index contributed by atoms with van der Waals surface area (Å²) in [4.78, 5) is 14.2. The molecule has 1 heterocycles. The number of anilines is 1. The predicted molar refractivity (Wildman–Crippen MR) is 48.6 cm³/mol. The molecule has 4 N–H and O–H groups in total. The molecule has 17 heavy (non-hydrogen) atoms. The van der Waals surface area contributed by atoms with Crippen molar-refractivity contribution >= 4 is 11.6 Å². The zero-order valence-corrected chi connectivity index (χ0v) is 8.08. The molecule has 0 fully saturated rings. The van der Waals surface area contributed by atoms with Crippen molar-refractivity contribution in [1.29, 1.82) is 5.26 Å². The standard InChI is InChI=1S/C8H5F3N4O2/c9-8(10,11)17-6-4(13)1-3(2-12)15-5(6)7(14)16/h1H,(H2,13,15)(H2,14,16). The lowest BCUT2D eigenvalue weighted by molar-refractivity contribution is -0.274. The second-order valence-corrected chi connectivity index (χ2v) is 2.80. The molecule has 1 amide bonds. The van der Waals surface area contributed by atoms with Crippen LogP contribution in [0.2, 0.25) is 0 Å². The minimum atomic E-state index is -5.05. The number of ether oxygens (including phenoxy) is 1. The summed E-state index contributed by atoms with van der Waals surface area (Å²) in [6, 6.07) is 2.36. The Balaban J connectivity index is 3.38. The van der Waals surface area contributed by atoms with E-state index in [4.69, 9.17) is 16.7 Å². The molecule has 1 aromatic rings.